The van der Waals surface area contributed by atoms with Crippen molar-refractivity contribution in [2.24, 2.45) is 0 Å². The van der Waals surface area contributed by atoms with Crippen molar-refractivity contribution in [3.8, 4) is 0 Å². The van der Waals surface area contributed by atoms with E-state index in [-0.39, 0.29) is 0 Å². The fraction of sp³-hybridized carbons (Fsp3) is 0.667. The number of rotatable bonds is 7. The third kappa shape index (κ3) is 3.10. The van der Waals surface area contributed by atoms with Gasteiger partial charge in [-0.05, 0) is 19.3 Å². The Morgan fingerprint density at radius 1 is 1.26 bits per heavy atom. The van der Waals surface area contributed by atoms with Crippen LogP contribution in [-0.2, 0) is 12.8 Å². The quantitative estimate of drug-likeness (QED) is 0.816. The summed E-state index contributed by atoms with van der Waals surface area (Å²) in [6, 6.07) is 0.453. The Balaban J connectivity index is 1.45. The molecule has 0 amide bonds. The van der Waals surface area contributed by atoms with Crippen LogP contribution in [0, 0.1) is 0 Å². The highest BCUT2D eigenvalue weighted by Crippen LogP contribution is 2.38. The number of nitrogens with zero attached hydrogens (tertiary/aromatic N) is 4. The second kappa shape index (κ2) is 5.38. The van der Waals surface area contributed by atoms with E-state index < -0.39 is 0 Å². The molecule has 7 heteroatoms. The first kappa shape index (κ1) is 12.1. The van der Waals surface area contributed by atoms with Gasteiger partial charge < -0.3 is 14.3 Å². The highest BCUT2D eigenvalue weighted by molar-refractivity contribution is 5.17. The highest BCUT2D eigenvalue weighted by atomic mass is 16.5. The maximum Gasteiger partial charge on any atom is 0.315 e. The summed E-state index contributed by atoms with van der Waals surface area (Å²) in [5.41, 5.74) is 0. The molecule has 0 unspecified atom stereocenters. The summed E-state index contributed by atoms with van der Waals surface area (Å²) in [6.07, 6.45) is 4.82. The number of hydrogen-bond donors (Lipinski definition) is 1. The lowest BCUT2D eigenvalue weighted by molar-refractivity contribution is 0.374. The molecule has 1 aliphatic rings. The maximum absolute atomic E-state index is 5.42. The van der Waals surface area contributed by atoms with E-state index in [1.54, 1.807) is 0 Å². The summed E-state index contributed by atoms with van der Waals surface area (Å²) in [5, 5.41) is 14.9. The van der Waals surface area contributed by atoms with Crippen molar-refractivity contribution in [2.75, 3.05) is 11.9 Å². The molecule has 0 atom stereocenters. The van der Waals surface area contributed by atoms with E-state index in [0.717, 1.165) is 24.6 Å². The second-order valence-corrected chi connectivity index (χ2v) is 4.75. The van der Waals surface area contributed by atoms with Gasteiger partial charge in [-0.25, -0.2) is 0 Å². The summed E-state index contributed by atoms with van der Waals surface area (Å²) in [5.74, 6) is 2.67. The molecule has 2 aromatic heterocycles. The van der Waals surface area contributed by atoms with Gasteiger partial charge in [-0.15, -0.1) is 5.10 Å². The van der Waals surface area contributed by atoms with Gasteiger partial charge >= 0.3 is 6.01 Å². The molecule has 0 saturated heterocycles. The predicted octanol–water partition coefficient (Wildman–Crippen LogP) is 1.94. The zero-order chi connectivity index (χ0) is 13.1. The molecule has 1 saturated carbocycles. The van der Waals surface area contributed by atoms with Gasteiger partial charge in [-0.2, -0.15) is 4.98 Å². The number of nitrogens with one attached hydrogen (secondary N) is 1. The average molecular weight is 263 g/mol. The van der Waals surface area contributed by atoms with Crippen LogP contribution in [0.5, 0.6) is 0 Å². The molecule has 1 aliphatic carbocycles. The van der Waals surface area contributed by atoms with Gasteiger partial charge in [-0.3, -0.25) is 0 Å². The lowest BCUT2D eigenvalue weighted by Gasteiger charge is -1.96. The second-order valence-electron chi connectivity index (χ2n) is 4.75. The Morgan fingerprint density at radius 2 is 2.16 bits per heavy atom. The first-order valence-corrected chi connectivity index (χ1v) is 6.74. The Bertz CT molecular complexity index is 532. The van der Waals surface area contributed by atoms with Crippen molar-refractivity contribution in [3.63, 3.8) is 0 Å². The van der Waals surface area contributed by atoms with Crippen LogP contribution in [-0.4, -0.2) is 26.9 Å². The van der Waals surface area contributed by atoms with Gasteiger partial charge in [0.05, 0.1) is 0 Å². The third-order valence-electron chi connectivity index (χ3n) is 2.97. The molecule has 0 spiro atoms. The predicted molar refractivity (Wildman–Crippen MR) is 66.8 cm³/mol. The van der Waals surface area contributed by atoms with Crippen molar-refractivity contribution >= 4 is 6.01 Å². The summed E-state index contributed by atoms with van der Waals surface area (Å²) in [6.45, 7) is 2.72. The molecule has 1 fully saturated rings. The lowest BCUT2D eigenvalue weighted by Crippen LogP contribution is -2.06. The smallest absolute Gasteiger partial charge is 0.315 e. The van der Waals surface area contributed by atoms with Gasteiger partial charge in [0.2, 0.25) is 11.8 Å². The van der Waals surface area contributed by atoms with Crippen LogP contribution in [0.4, 0.5) is 6.01 Å². The van der Waals surface area contributed by atoms with E-state index in [1.165, 1.54) is 12.8 Å². The first-order chi connectivity index (χ1) is 9.35. The average Bonchev–Trinajstić information content (AvgIpc) is 2.99. The molecular weight excluding hydrogens is 246 g/mol. The van der Waals surface area contributed by atoms with Gasteiger partial charge in [0, 0.05) is 25.3 Å². The molecule has 0 bridgehead atoms. The number of hydrogen-bond acceptors (Lipinski definition) is 7. The molecule has 1 N–H and O–H groups in total. The number of anilines is 1. The van der Waals surface area contributed by atoms with E-state index in [1.807, 2.05) is 0 Å². The van der Waals surface area contributed by atoms with Crippen LogP contribution in [0.15, 0.2) is 8.94 Å². The van der Waals surface area contributed by atoms with Crippen LogP contribution >= 0.6 is 0 Å². The largest absolute Gasteiger partial charge is 0.408 e. The van der Waals surface area contributed by atoms with Crippen LogP contribution in [0.2, 0.25) is 0 Å². The third-order valence-corrected chi connectivity index (χ3v) is 2.97. The molecule has 19 heavy (non-hydrogen) atoms. The molecule has 0 radical (unpaired) electrons. The maximum atomic E-state index is 5.42. The van der Waals surface area contributed by atoms with E-state index >= 15 is 0 Å². The fourth-order valence-corrected chi connectivity index (χ4v) is 1.79. The lowest BCUT2D eigenvalue weighted by atomic mass is 10.3. The van der Waals surface area contributed by atoms with Gasteiger partial charge in [-0.1, -0.05) is 17.2 Å². The molecule has 0 aromatic carbocycles. The molecule has 0 aliphatic heterocycles. The van der Waals surface area contributed by atoms with E-state index in [2.05, 4.69) is 32.6 Å². The van der Waals surface area contributed by atoms with Crippen LogP contribution in [0.3, 0.4) is 0 Å². The summed E-state index contributed by atoms with van der Waals surface area (Å²) < 4.78 is 10.6. The molecule has 102 valence electrons. The van der Waals surface area contributed by atoms with Gasteiger partial charge in [0.1, 0.15) is 0 Å². The van der Waals surface area contributed by atoms with Crippen molar-refractivity contribution in [1.82, 2.24) is 20.3 Å². The SMILES string of the molecule is CCCc1nnc(NCCc2noc(C3CC3)n2)o1. The van der Waals surface area contributed by atoms with Crippen molar-refractivity contribution < 1.29 is 8.94 Å². The summed E-state index contributed by atoms with van der Waals surface area (Å²) >= 11 is 0. The normalized spacial score (nSPS) is 14.8. The van der Waals surface area contributed by atoms with E-state index in [4.69, 9.17) is 8.94 Å². The standard InChI is InChI=1S/C12H17N5O2/c1-2-3-10-15-16-12(18-10)13-7-6-9-14-11(19-17-9)8-4-5-8/h8H,2-7H2,1H3,(H,13,16). The molecule has 3 rings (SSSR count). The van der Waals surface area contributed by atoms with Crippen LogP contribution < -0.4 is 5.32 Å². The number of aromatic nitrogens is 4. The minimum atomic E-state index is 0.453. The summed E-state index contributed by atoms with van der Waals surface area (Å²) in [7, 11) is 0. The highest BCUT2D eigenvalue weighted by Gasteiger charge is 2.29. The Labute approximate surface area is 110 Å². The van der Waals surface area contributed by atoms with Crippen molar-refractivity contribution in [2.45, 2.75) is 44.9 Å². The van der Waals surface area contributed by atoms with Gasteiger partial charge in [0.15, 0.2) is 5.82 Å². The van der Waals surface area contributed by atoms with Gasteiger partial charge in [0.25, 0.3) is 0 Å². The minimum Gasteiger partial charge on any atom is -0.408 e. The summed E-state index contributed by atoms with van der Waals surface area (Å²) in [4.78, 5) is 4.35. The van der Waals surface area contributed by atoms with Crippen LogP contribution in [0.25, 0.3) is 0 Å². The topological polar surface area (TPSA) is 89.9 Å². The Morgan fingerprint density at radius 3 is 2.95 bits per heavy atom. The Kier molecular flexibility index (Phi) is 3.43. The molecule has 2 aromatic rings. The molecular formula is C12H17N5O2. The minimum absolute atomic E-state index is 0.453. The first-order valence-electron chi connectivity index (χ1n) is 6.74. The molecule has 7 nitrogen and oxygen atoms in total. The monoisotopic (exact) mass is 263 g/mol. The van der Waals surface area contributed by atoms with E-state index in [0.29, 0.717) is 30.8 Å². The van der Waals surface area contributed by atoms with Crippen molar-refractivity contribution in [3.05, 3.63) is 17.6 Å². The zero-order valence-corrected chi connectivity index (χ0v) is 10.9. The zero-order valence-electron chi connectivity index (χ0n) is 10.9. The number of aryl methyl sites for hydroxylation is 1. The van der Waals surface area contributed by atoms with Crippen molar-refractivity contribution in [1.29, 1.82) is 0 Å². The fourth-order valence-electron chi connectivity index (χ4n) is 1.79. The molecule has 2 heterocycles. The Hall–Kier alpha value is -1.92. The van der Waals surface area contributed by atoms with Crippen LogP contribution in [0.1, 0.15) is 49.7 Å². The van der Waals surface area contributed by atoms with E-state index in [9.17, 15) is 0 Å².